The number of hydrogen-bond acceptors (Lipinski definition) is 8. The number of carbonyl (C=O) groups is 3. The summed E-state index contributed by atoms with van der Waals surface area (Å²) in [5, 5.41) is 3.36. The SMILES string of the molecule is CCCC(NC(=O)Oc1cc2ccccc2o1)C(=O)N1CCC2C1C(=O)CN2S(=O)(=O)Cc1cccnc1. The highest BCUT2D eigenvalue weighted by atomic mass is 32.2. The van der Waals surface area contributed by atoms with Crippen LogP contribution in [0.25, 0.3) is 11.0 Å². The molecule has 1 N–H and O–H groups in total. The third-order valence-electron chi connectivity index (χ3n) is 6.85. The maximum atomic E-state index is 13.5. The summed E-state index contributed by atoms with van der Waals surface area (Å²) in [4.78, 5) is 44.4. The van der Waals surface area contributed by atoms with Crippen LogP contribution in [0.3, 0.4) is 0 Å². The molecule has 0 bridgehead atoms. The molecule has 0 radical (unpaired) electrons. The highest BCUT2D eigenvalue weighted by Crippen LogP contribution is 2.33. The predicted octanol–water partition coefficient (Wildman–Crippen LogP) is 2.47. The fourth-order valence-corrected chi connectivity index (χ4v) is 6.89. The Bertz CT molecular complexity index is 1420. The van der Waals surface area contributed by atoms with Gasteiger partial charge in [-0.3, -0.25) is 14.6 Å². The molecule has 2 aromatic heterocycles. The molecule has 0 spiro atoms. The van der Waals surface area contributed by atoms with Crippen LogP contribution in [-0.4, -0.2) is 71.6 Å². The number of carbonyl (C=O) groups excluding carboxylic acids is 3. The molecule has 2 fully saturated rings. The number of ketones is 1. The van der Waals surface area contributed by atoms with Gasteiger partial charge in [0.15, 0.2) is 5.78 Å². The molecule has 3 atom stereocenters. The van der Waals surface area contributed by atoms with Crippen LogP contribution in [0.1, 0.15) is 31.7 Å². The number of Topliss-reactive ketones (excluding diaryl/α,β-unsaturated/α-hetero) is 1. The first-order valence-electron chi connectivity index (χ1n) is 12.5. The first kappa shape index (κ1) is 25.9. The Balaban J connectivity index is 1.27. The molecule has 38 heavy (non-hydrogen) atoms. The number of furan rings is 1. The van der Waals surface area contributed by atoms with Crippen molar-refractivity contribution < 1.29 is 32.0 Å². The fraction of sp³-hybridized carbons (Fsp3) is 0.385. The summed E-state index contributed by atoms with van der Waals surface area (Å²) in [6, 6.07) is 9.60. The van der Waals surface area contributed by atoms with Crippen LogP contribution in [0, 0.1) is 0 Å². The summed E-state index contributed by atoms with van der Waals surface area (Å²) in [5.41, 5.74) is 1.08. The Morgan fingerprint density at radius 3 is 2.79 bits per heavy atom. The number of nitrogens with one attached hydrogen (secondary N) is 1. The summed E-state index contributed by atoms with van der Waals surface area (Å²) in [5.74, 6) is -1.07. The molecule has 5 rings (SSSR count). The van der Waals surface area contributed by atoms with Crippen molar-refractivity contribution in [1.82, 2.24) is 19.5 Å². The molecule has 11 nitrogen and oxygen atoms in total. The minimum Gasteiger partial charge on any atom is -0.425 e. The zero-order valence-electron chi connectivity index (χ0n) is 20.8. The lowest BCUT2D eigenvalue weighted by Crippen LogP contribution is -2.53. The average Bonchev–Trinajstić information content (AvgIpc) is 3.58. The van der Waals surface area contributed by atoms with Crippen LogP contribution < -0.4 is 10.1 Å². The van der Waals surface area contributed by atoms with E-state index >= 15 is 0 Å². The van der Waals surface area contributed by atoms with E-state index in [9.17, 15) is 22.8 Å². The molecule has 200 valence electrons. The van der Waals surface area contributed by atoms with Gasteiger partial charge in [0.25, 0.3) is 5.95 Å². The lowest BCUT2D eigenvalue weighted by Gasteiger charge is -2.28. The van der Waals surface area contributed by atoms with Crippen LogP contribution in [0.4, 0.5) is 4.79 Å². The molecule has 12 heteroatoms. The van der Waals surface area contributed by atoms with Crippen molar-refractivity contribution in [3.63, 3.8) is 0 Å². The zero-order valence-corrected chi connectivity index (χ0v) is 21.6. The molecule has 3 unspecified atom stereocenters. The largest absolute Gasteiger partial charge is 0.425 e. The predicted molar refractivity (Wildman–Crippen MR) is 137 cm³/mol. The minimum atomic E-state index is -3.81. The van der Waals surface area contributed by atoms with Gasteiger partial charge in [0.2, 0.25) is 15.9 Å². The van der Waals surface area contributed by atoms with Crippen LogP contribution in [0.15, 0.2) is 59.3 Å². The second kappa shape index (κ2) is 10.5. The molecule has 2 amide bonds. The first-order chi connectivity index (χ1) is 18.3. The first-order valence-corrected chi connectivity index (χ1v) is 14.1. The highest BCUT2D eigenvalue weighted by molar-refractivity contribution is 7.88. The molecule has 0 aliphatic carbocycles. The fourth-order valence-electron chi connectivity index (χ4n) is 5.18. The number of sulfonamides is 1. The topological polar surface area (TPSA) is 139 Å². The summed E-state index contributed by atoms with van der Waals surface area (Å²) < 4.78 is 38.3. The van der Waals surface area contributed by atoms with E-state index in [0.717, 1.165) is 5.39 Å². The lowest BCUT2D eigenvalue weighted by molar-refractivity contribution is -0.138. The van der Waals surface area contributed by atoms with E-state index in [0.29, 0.717) is 30.4 Å². The Morgan fingerprint density at radius 1 is 1.24 bits per heavy atom. The van der Waals surface area contributed by atoms with E-state index in [-0.39, 0.29) is 30.6 Å². The van der Waals surface area contributed by atoms with Crippen molar-refractivity contribution in [3.05, 3.63) is 60.4 Å². The highest BCUT2D eigenvalue weighted by Gasteiger charge is 2.54. The molecule has 4 heterocycles. The molecular formula is C26H28N4O7S. The van der Waals surface area contributed by atoms with Crippen LogP contribution >= 0.6 is 0 Å². The van der Waals surface area contributed by atoms with Crippen molar-refractivity contribution in [2.45, 2.75) is 50.1 Å². The van der Waals surface area contributed by atoms with Gasteiger partial charge in [0.05, 0.1) is 18.3 Å². The molecule has 0 saturated carbocycles. The number of amides is 2. The summed E-state index contributed by atoms with van der Waals surface area (Å²) in [6.45, 7) is 1.79. The van der Waals surface area contributed by atoms with Crippen LogP contribution in [0.2, 0.25) is 0 Å². The number of likely N-dealkylation sites (tertiary alicyclic amines) is 1. The maximum Gasteiger partial charge on any atom is 0.415 e. The maximum absolute atomic E-state index is 13.5. The van der Waals surface area contributed by atoms with Gasteiger partial charge in [-0.15, -0.1) is 0 Å². The lowest BCUT2D eigenvalue weighted by atomic mass is 10.1. The van der Waals surface area contributed by atoms with E-state index in [1.165, 1.54) is 15.4 Å². The van der Waals surface area contributed by atoms with Gasteiger partial charge >= 0.3 is 6.09 Å². The molecule has 1 aromatic carbocycles. The normalized spacial score (nSPS) is 20.4. The second-order valence-electron chi connectivity index (χ2n) is 9.44. The number of ether oxygens (including phenoxy) is 1. The number of hydrogen-bond donors (Lipinski definition) is 1. The van der Waals surface area contributed by atoms with Gasteiger partial charge in [-0.05, 0) is 30.5 Å². The standard InChI is InChI=1S/C26H28N4O7S/c1-2-6-19(28-26(33)37-23-13-18-8-3-4-9-22(18)36-23)25(32)29-12-10-20-24(29)21(31)15-30(20)38(34,35)16-17-7-5-11-27-14-17/h3-5,7-9,11,13-14,19-20,24H,2,6,10,12,15-16H2,1H3,(H,28,33). The van der Waals surface area contributed by atoms with Crippen molar-refractivity contribution in [1.29, 1.82) is 0 Å². The zero-order chi connectivity index (χ0) is 26.9. The Kier molecular flexibility index (Phi) is 7.17. The summed E-state index contributed by atoms with van der Waals surface area (Å²) in [6.07, 6.45) is 3.41. The van der Waals surface area contributed by atoms with Gasteiger partial charge in [0, 0.05) is 30.4 Å². The van der Waals surface area contributed by atoms with Crippen molar-refractivity contribution in [2.75, 3.05) is 13.1 Å². The Hall–Kier alpha value is -3.77. The van der Waals surface area contributed by atoms with Gasteiger partial charge in [-0.1, -0.05) is 37.6 Å². The van der Waals surface area contributed by atoms with Crippen LogP contribution in [0.5, 0.6) is 5.95 Å². The number of fused-ring (bicyclic) bond motifs is 2. The van der Waals surface area contributed by atoms with E-state index in [1.807, 2.05) is 19.1 Å². The number of pyridine rings is 1. The quantitative estimate of drug-likeness (QED) is 0.460. The monoisotopic (exact) mass is 540 g/mol. The number of nitrogens with zero attached hydrogens (tertiary/aromatic N) is 3. The molecule has 3 aromatic rings. The van der Waals surface area contributed by atoms with E-state index in [1.54, 1.807) is 36.5 Å². The molecule has 2 saturated heterocycles. The Labute approximate surface area is 219 Å². The number of para-hydroxylation sites is 1. The second-order valence-corrected chi connectivity index (χ2v) is 11.4. The number of benzene rings is 1. The Morgan fingerprint density at radius 2 is 2.05 bits per heavy atom. The average molecular weight is 541 g/mol. The molecule has 2 aliphatic rings. The van der Waals surface area contributed by atoms with Gasteiger partial charge in [-0.2, -0.15) is 4.31 Å². The van der Waals surface area contributed by atoms with Gasteiger partial charge in [-0.25, -0.2) is 13.2 Å². The van der Waals surface area contributed by atoms with Gasteiger partial charge in [0.1, 0.15) is 17.7 Å². The molecular weight excluding hydrogens is 512 g/mol. The van der Waals surface area contributed by atoms with E-state index in [2.05, 4.69) is 10.3 Å². The third-order valence-corrected chi connectivity index (χ3v) is 8.67. The number of aromatic nitrogens is 1. The molecule has 2 aliphatic heterocycles. The summed E-state index contributed by atoms with van der Waals surface area (Å²) >= 11 is 0. The van der Waals surface area contributed by atoms with E-state index in [4.69, 9.17) is 9.15 Å². The van der Waals surface area contributed by atoms with Gasteiger partial charge < -0.3 is 19.4 Å². The third kappa shape index (κ3) is 5.14. The van der Waals surface area contributed by atoms with Crippen molar-refractivity contribution in [2.24, 2.45) is 0 Å². The minimum absolute atomic E-state index is 0.00642. The summed E-state index contributed by atoms with van der Waals surface area (Å²) in [7, 11) is -3.81. The smallest absolute Gasteiger partial charge is 0.415 e. The van der Waals surface area contributed by atoms with Crippen LogP contribution in [-0.2, 0) is 25.4 Å². The number of rotatable bonds is 8. The van der Waals surface area contributed by atoms with Crippen molar-refractivity contribution in [3.8, 4) is 5.95 Å². The van der Waals surface area contributed by atoms with Crippen molar-refractivity contribution >= 4 is 38.8 Å². The van der Waals surface area contributed by atoms with E-state index < -0.39 is 40.1 Å².